The molecule has 1 heterocycles. The van der Waals surface area contributed by atoms with Crippen LogP contribution < -0.4 is 10.6 Å². The summed E-state index contributed by atoms with van der Waals surface area (Å²) in [5.74, 6) is 0.0485. The highest BCUT2D eigenvalue weighted by Crippen LogP contribution is 2.33. The van der Waals surface area contributed by atoms with Crippen molar-refractivity contribution < 1.29 is 9.53 Å². The lowest BCUT2D eigenvalue weighted by molar-refractivity contribution is -0.134. The smallest absolute Gasteiger partial charge is 0.226 e. The number of hydrogen-bond donors (Lipinski definition) is 2. The summed E-state index contributed by atoms with van der Waals surface area (Å²) >= 11 is 0. The lowest BCUT2D eigenvalue weighted by atomic mass is 9.88. The molecule has 1 amide bonds. The molecule has 0 aliphatic carbocycles. The largest absolute Gasteiger partial charge is 0.373 e. The first-order valence-corrected chi connectivity index (χ1v) is 7.83. The molecule has 1 aliphatic rings. The topological polar surface area (TPSA) is 50.4 Å². The fourth-order valence-electron chi connectivity index (χ4n) is 2.74. The minimum atomic E-state index is -0.108. The van der Waals surface area contributed by atoms with Gasteiger partial charge in [-0.1, -0.05) is 29.8 Å². The molecule has 2 unspecified atom stereocenters. The lowest BCUT2D eigenvalue weighted by Gasteiger charge is -2.31. The molecule has 2 N–H and O–H groups in total. The van der Waals surface area contributed by atoms with Gasteiger partial charge in [0.05, 0.1) is 12.0 Å². The third kappa shape index (κ3) is 4.55. The Morgan fingerprint density at radius 2 is 2.05 bits per heavy atom. The van der Waals surface area contributed by atoms with E-state index in [4.69, 9.17) is 4.74 Å². The zero-order chi connectivity index (χ0) is 15.1. The first-order valence-electron chi connectivity index (χ1n) is 7.83. The van der Waals surface area contributed by atoms with Gasteiger partial charge in [0.15, 0.2) is 0 Å². The molecule has 0 bridgehead atoms. The number of ether oxygens (including phenoxy) is 1. The van der Waals surface area contributed by atoms with Crippen molar-refractivity contribution in [2.75, 3.05) is 26.7 Å². The zero-order valence-corrected chi connectivity index (χ0v) is 13.0. The fourth-order valence-corrected chi connectivity index (χ4v) is 2.74. The van der Waals surface area contributed by atoms with Gasteiger partial charge in [-0.2, -0.15) is 0 Å². The van der Waals surface area contributed by atoms with Gasteiger partial charge in [0.25, 0.3) is 0 Å². The molecule has 2 atom stereocenters. The summed E-state index contributed by atoms with van der Waals surface area (Å²) in [6.45, 7) is 4.44. The Bertz CT molecular complexity index is 445. The van der Waals surface area contributed by atoms with Crippen LogP contribution in [0.1, 0.15) is 36.5 Å². The van der Waals surface area contributed by atoms with Crippen molar-refractivity contribution in [3.8, 4) is 0 Å². The number of aryl methyl sites for hydroxylation is 1. The molecule has 0 spiro atoms. The molecule has 4 nitrogen and oxygen atoms in total. The predicted octanol–water partition coefficient (Wildman–Crippen LogP) is 2.19. The number of amides is 1. The van der Waals surface area contributed by atoms with Crippen LogP contribution >= 0.6 is 0 Å². The molecular weight excluding hydrogens is 264 g/mol. The van der Waals surface area contributed by atoms with Gasteiger partial charge >= 0.3 is 0 Å². The quantitative estimate of drug-likeness (QED) is 0.790. The van der Waals surface area contributed by atoms with E-state index in [2.05, 4.69) is 41.8 Å². The van der Waals surface area contributed by atoms with Gasteiger partial charge in [-0.15, -0.1) is 0 Å². The van der Waals surface area contributed by atoms with E-state index in [0.29, 0.717) is 0 Å². The van der Waals surface area contributed by atoms with Crippen molar-refractivity contribution in [3.05, 3.63) is 35.4 Å². The normalized spacial score (nSPS) is 22.0. The van der Waals surface area contributed by atoms with Gasteiger partial charge in [0, 0.05) is 13.2 Å². The van der Waals surface area contributed by atoms with E-state index in [-0.39, 0.29) is 17.9 Å². The van der Waals surface area contributed by atoms with Crippen LogP contribution in [0.3, 0.4) is 0 Å². The number of rotatable bonds is 6. The van der Waals surface area contributed by atoms with Crippen LogP contribution in [0.5, 0.6) is 0 Å². The molecule has 0 radical (unpaired) electrons. The Kier molecular flexibility index (Phi) is 6.21. The number of benzene rings is 1. The standard InChI is InChI=1S/C17H26N2O2/c1-13-6-8-14(9-7-13)16-15(5-3-12-21-16)17(20)19-11-4-10-18-2/h6-9,15-16,18H,3-5,10-12H2,1-2H3,(H,19,20). The molecule has 21 heavy (non-hydrogen) atoms. The Morgan fingerprint density at radius 1 is 1.29 bits per heavy atom. The second kappa shape index (κ2) is 8.15. The molecular formula is C17H26N2O2. The third-order valence-electron chi connectivity index (χ3n) is 3.97. The molecule has 1 aromatic carbocycles. The van der Waals surface area contributed by atoms with Gasteiger partial charge in [-0.25, -0.2) is 0 Å². The van der Waals surface area contributed by atoms with Crippen LogP contribution in [0.15, 0.2) is 24.3 Å². The second-order valence-electron chi connectivity index (χ2n) is 5.70. The number of hydrogen-bond acceptors (Lipinski definition) is 3. The third-order valence-corrected chi connectivity index (χ3v) is 3.97. The van der Waals surface area contributed by atoms with Crippen LogP contribution in [0.25, 0.3) is 0 Å². The zero-order valence-electron chi connectivity index (χ0n) is 13.0. The minimum Gasteiger partial charge on any atom is -0.373 e. The van der Waals surface area contributed by atoms with E-state index in [1.54, 1.807) is 0 Å². The summed E-state index contributed by atoms with van der Waals surface area (Å²) in [6.07, 6.45) is 2.70. The lowest BCUT2D eigenvalue weighted by Crippen LogP contribution is -2.38. The summed E-state index contributed by atoms with van der Waals surface area (Å²) in [4.78, 5) is 12.4. The van der Waals surface area contributed by atoms with Crippen molar-refractivity contribution in [1.29, 1.82) is 0 Å². The highest BCUT2D eigenvalue weighted by Gasteiger charge is 2.32. The minimum absolute atomic E-state index is 0.0731. The van der Waals surface area contributed by atoms with Crippen molar-refractivity contribution >= 4 is 5.91 Å². The van der Waals surface area contributed by atoms with Crippen molar-refractivity contribution in [3.63, 3.8) is 0 Å². The highest BCUT2D eigenvalue weighted by molar-refractivity contribution is 5.79. The summed E-state index contributed by atoms with van der Waals surface area (Å²) in [5, 5.41) is 6.12. The maximum absolute atomic E-state index is 12.4. The monoisotopic (exact) mass is 290 g/mol. The van der Waals surface area contributed by atoms with Crippen LogP contribution in [-0.4, -0.2) is 32.7 Å². The van der Waals surface area contributed by atoms with E-state index in [1.807, 2.05) is 7.05 Å². The first kappa shape index (κ1) is 16.0. The van der Waals surface area contributed by atoms with E-state index in [0.717, 1.165) is 44.5 Å². The Hall–Kier alpha value is -1.39. The van der Waals surface area contributed by atoms with Gasteiger partial charge in [0.2, 0.25) is 5.91 Å². The molecule has 0 aromatic heterocycles. The summed E-state index contributed by atoms with van der Waals surface area (Å²) < 4.78 is 5.89. The Labute approximate surface area is 127 Å². The maximum Gasteiger partial charge on any atom is 0.226 e. The number of nitrogens with one attached hydrogen (secondary N) is 2. The van der Waals surface area contributed by atoms with E-state index in [9.17, 15) is 4.79 Å². The Balaban J connectivity index is 1.98. The van der Waals surface area contributed by atoms with Gasteiger partial charge in [-0.05, 0) is 45.3 Å². The fraction of sp³-hybridized carbons (Fsp3) is 0.588. The van der Waals surface area contributed by atoms with Crippen LogP contribution in [0.4, 0.5) is 0 Å². The van der Waals surface area contributed by atoms with Crippen LogP contribution in [0.2, 0.25) is 0 Å². The van der Waals surface area contributed by atoms with Gasteiger partial charge < -0.3 is 15.4 Å². The molecule has 116 valence electrons. The van der Waals surface area contributed by atoms with Gasteiger partial charge in [0.1, 0.15) is 0 Å². The molecule has 1 aromatic rings. The van der Waals surface area contributed by atoms with E-state index >= 15 is 0 Å². The maximum atomic E-state index is 12.4. The van der Waals surface area contributed by atoms with Crippen LogP contribution in [0, 0.1) is 12.8 Å². The predicted molar refractivity (Wildman–Crippen MR) is 84.1 cm³/mol. The molecule has 0 saturated carbocycles. The first-order chi connectivity index (χ1) is 10.2. The SMILES string of the molecule is CNCCCNC(=O)C1CCCOC1c1ccc(C)cc1. The van der Waals surface area contributed by atoms with Crippen LogP contribution in [-0.2, 0) is 9.53 Å². The molecule has 1 saturated heterocycles. The summed E-state index contributed by atoms with van der Waals surface area (Å²) in [7, 11) is 1.92. The van der Waals surface area contributed by atoms with Crippen molar-refractivity contribution in [2.24, 2.45) is 5.92 Å². The molecule has 4 heteroatoms. The Morgan fingerprint density at radius 3 is 2.76 bits per heavy atom. The summed E-state index contributed by atoms with van der Waals surface area (Å²) in [6, 6.07) is 8.31. The molecule has 1 fully saturated rings. The van der Waals surface area contributed by atoms with E-state index in [1.165, 1.54) is 5.56 Å². The molecule has 2 rings (SSSR count). The second-order valence-corrected chi connectivity index (χ2v) is 5.70. The van der Waals surface area contributed by atoms with Crippen molar-refractivity contribution in [2.45, 2.75) is 32.3 Å². The molecule has 1 aliphatic heterocycles. The number of carbonyl (C=O) groups excluding carboxylic acids is 1. The van der Waals surface area contributed by atoms with Crippen molar-refractivity contribution in [1.82, 2.24) is 10.6 Å². The summed E-state index contributed by atoms with van der Waals surface area (Å²) in [5.41, 5.74) is 2.33. The van der Waals surface area contributed by atoms with E-state index < -0.39 is 0 Å². The number of carbonyl (C=O) groups is 1. The average Bonchev–Trinajstić information content (AvgIpc) is 2.52. The van der Waals surface area contributed by atoms with Gasteiger partial charge in [-0.3, -0.25) is 4.79 Å². The average molecular weight is 290 g/mol. The highest BCUT2D eigenvalue weighted by atomic mass is 16.5.